The molecule has 1 aromatic heterocycles. The summed E-state index contributed by atoms with van der Waals surface area (Å²) in [6.45, 7) is 0.563. The average Bonchev–Trinajstić information content (AvgIpc) is 2.48. The highest BCUT2D eigenvalue weighted by Crippen LogP contribution is 2.35. The van der Waals surface area contributed by atoms with Gasteiger partial charge in [0.15, 0.2) is 0 Å². The van der Waals surface area contributed by atoms with E-state index in [1.54, 1.807) is 16.7 Å². The third kappa shape index (κ3) is 2.39. The fourth-order valence-corrected chi connectivity index (χ4v) is 3.28. The fourth-order valence-electron chi connectivity index (χ4n) is 2.10. The van der Waals surface area contributed by atoms with E-state index in [0.717, 1.165) is 28.6 Å². The summed E-state index contributed by atoms with van der Waals surface area (Å²) in [5.41, 5.74) is 0.919. The molecule has 3 nitrogen and oxygen atoms in total. The third-order valence-electron chi connectivity index (χ3n) is 3.01. The number of nitrogens with zero attached hydrogens (tertiary/aromatic N) is 2. The predicted octanol–water partition coefficient (Wildman–Crippen LogP) is 3.63. The highest BCUT2D eigenvalue weighted by molar-refractivity contribution is 7.99. The monoisotopic (exact) mass is 308 g/mol. The first-order valence-corrected chi connectivity index (χ1v) is 7.38. The number of hydrogen-bond acceptors (Lipinski definition) is 3. The van der Waals surface area contributed by atoms with Gasteiger partial charge in [0, 0.05) is 17.2 Å². The van der Waals surface area contributed by atoms with Crippen LogP contribution >= 0.6 is 23.4 Å². The van der Waals surface area contributed by atoms with Crippen LogP contribution in [-0.2, 0) is 0 Å². The van der Waals surface area contributed by atoms with Crippen molar-refractivity contribution in [3.05, 3.63) is 53.1 Å². The number of halogens is 2. The van der Waals surface area contributed by atoms with Crippen LogP contribution in [0.3, 0.4) is 0 Å². The molecule has 0 bridgehead atoms. The third-order valence-corrected chi connectivity index (χ3v) is 4.35. The van der Waals surface area contributed by atoms with E-state index >= 15 is 0 Å². The van der Waals surface area contributed by atoms with Crippen molar-refractivity contribution in [2.45, 2.75) is 4.90 Å². The Morgan fingerprint density at radius 2 is 2.20 bits per heavy atom. The minimum atomic E-state index is -0.572. The highest BCUT2D eigenvalue weighted by atomic mass is 35.5. The summed E-state index contributed by atoms with van der Waals surface area (Å²) in [5.74, 6) is -0.101. The first-order chi connectivity index (χ1) is 9.66. The molecule has 6 heteroatoms. The highest BCUT2D eigenvalue weighted by Gasteiger charge is 2.25. The van der Waals surface area contributed by atoms with Crippen LogP contribution in [0.15, 0.2) is 41.4 Å². The van der Waals surface area contributed by atoms with E-state index in [1.165, 1.54) is 0 Å². The van der Waals surface area contributed by atoms with Crippen molar-refractivity contribution in [1.29, 1.82) is 0 Å². The Hall–Kier alpha value is -1.59. The second kappa shape index (κ2) is 5.42. The lowest BCUT2D eigenvalue weighted by molar-refractivity contribution is 0.0987. The summed E-state index contributed by atoms with van der Waals surface area (Å²) in [4.78, 5) is 18.9. The number of thioether (sulfide) groups is 1. The lowest BCUT2D eigenvalue weighted by atomic mass is 10.2. The van der Waals surface area contributed by atoms with Crippen molar-refractivity contribution in [3.8, 4) is 0 Å². The van der Waals surface area contributed by atoms with Crippen LogP contribution in [0.2, 0.25) is 5.15 Å². The summed E-state index contributed by atoms with van der Waals surface area (Å²) in [7, 11) is 0. The molecular formula is C14H10ClFN2OS. The Kier molecular flexibility index (Phi) is 3.63. The van der Waals surface area contributed by atoms with Crippen molar-refractivity contribution < 1.29 is 9.18 Å². The first-order valence-electron chi connectivity index (χ1n) is 6.01. The molecule has 0 fully saturated rings. The molecule has 0 saturated carbocycles. The number of aromatic nitrogens is 1. The standard InChI is InChI=1S/C14H10ClFN2OS/c15-13-10(7-9(16)8-17-13)14(19)18-5-6-20-12-4-2-1-3-11(12)18/h1-4,7-8H,5-6H2. The van der Waals surface area contributed by atoms with Gasteiger partial charge in [-0.1, -0.05) is 23.7 Å². The maximum atomic E-state index is 13.3. The van der Waals surface area contributed by atoms with Crippen molar-refractivity contribution in [1.82, 2.24) is 4.98 Å². The molecule has 0 aliphatic carbocycles. The minimum Gasteiger partial charge on any atom is -0.306 e. The lowest BCUT2D eigenvalue weighted by Crippen LogP contribution is -2.35. The summed E-state index contributed by atoms with van der Waals surface area (Å²) >= 11 is 7.60. The number of amides is 1. The van der Waals surface area contributed by atoms with E-state index in [1.807, 2.05) is 24.3 Å². The van der Waals surface area contributed by atoms with Crippen molar-refractivity contribution in [2.75, 3.05) is 17.2 Å². The number of benzene rings is 1. The molecule has 2 aromatic rings. The van der Waals surface area contributed by atoms with E-state index in [9.17, 15) is 9.18 Å². The number of para-hydroxylation sites is 1. The van der Waals surface area contributed by atoms with Gasteiger partial charge in [0.1, 0.15) is 11.0 Å². The van der Waals surface area contributed by atoms with Crippen LogP contribution in [0, 0.1) is 5.82 Å². The zero-order chi connectivity index (χ0) is 14.1. The van der Waals surface area contributed by atoms with E-state index < -0.39 is 5.82 Å². The summed E-state index contributed by atoms with van der Waals surface area (Å²) in [6, 6.07) is 8.76. The molecule has 20 heavy (non-hydrogen) atoms. The second-order valence-corrected chi connectivity index (χ2v) is 5.76. The number of anilines is 1. The smallest absolute Gasteiger partial charge is 0.261 e. The molecule has 0 atom stereocenters. The van der Waals surface area contributed by atoms with E-state index in [4.69, 9.17) is 11.6 Å². The molecule has 1 aromatic carbocycles. The van der Waals surface area contributed by atoms with Gasteiger partial charge in [-0.3, -0.25) is 4.79 Å². The number of carbonyl (C=O) groups is 1. The van der Waals surface area contributed by atoms with Gasteiger partial charge in [0.25, 0.3) is 5.91 Å². The van der Waals surface area contributed by atoms with Crippen LogP contribution < -0.4 is 4.90 Å². The van der Waals surface area contributed by atoms with Crippen molar-refractivity contribution >= 4 is 35.0 Å². The van der Waals surface area contributed by atoms with Gasteiger partial charge in [-0.2, -0.15) is 0 Å². The maximum Gasteiger partial charge on any atom is 0.261 e. The lowest BCUT2D eigenvalue weighted by Gasteiger charge is -2.29. The Labute approximate surface area is 124 Å². The van der Waals surface area contributed by atoms with Crippen molar-refractivity contribution in [3.63, 3.8) is 0 Å². The minimum absolute atomic E-state index is 0.0205. The van der Waals surface area contributed by atoms with Gasteiger partial charge in [-0.05, 0) is 18.2 Å². The Morgan fingerprint density at radius 3 is 3.05 bits per heavy atom. The molecular weight excluding hydrogens is 299 g/mol. The van der Waals surface area contributed by atoms with Gasteiger partial charge in [0.05, 0.1) is 17.4 Å². The largest absolute Gasteiger partial charge is 0.306 e. The topological polar surface area (TPSA) is 33.2 Å². The van der Waals surface area contributed by atoms with Gasteiger partial charge < -0.3 is 4.90 Å². The summed E-state index contributed by atoms with van der Waals surface area (Å²) in [6.07, 6.45) is 0.999. The number of fused-ring (bicyclic) bond motifs is 1. The van der Waals surface area contributed by atoms with Crippen molar-refractivity contribution in [2.24, 2.45) is 0 Å². The molecule has 0 spiro atoms. The molecule has 1 aliphatic heterocycles. The van der Waals surface area contributed by atoms with Gasteiger partial charge in [-0.25, -0.2) is 9.37 Å². The summed E-state index contributed by atoms with van der Waals surface area (Å²) in [5, 5.41) is 0.0205. The molecule has 0 unspecified atom stereocenters. The Balaban J connectivity index is 2.02. The maximum absolute atomic E-state index is 13.3. The number of rotatable bonds is 1. The molecule has 1 aliphatic rings. The molecule has 2 heterocycles. The molecule has 1 amide bonds. The Morgan fingerprint density at radius 1 is 1.40 bits per heavy atom. The molecule has 0 saturated heterocycles. The first kappa shape index (κ1) is 13.4. The SMILES string of the molecule is O=C(c1cc(F)cnc1Cl)N1CCSc2ccccc21. The fraction of sp³-hybridized carbons (Fsp3) is 0.143. The summed E-state index contributed by atoms with van der Waals surface area (Å²) < 4.78 is 13.3. The van der Waals surface area contributed by atoms with E-state index in [0.29, 0.717) is 6.54 Å². The van der Waals surface area contributed by atoms with E-state index in [-0.39, 0.29) is 16.6 Å². The molecule has 0 N–H and O–H groups in total. The predicted molar refractivity (Wildman–Crippen MR) is 78.0 cm³/mol. The molecule has 3 rings (SSSR count). The van der Waals surface area contributed by atoms with Gasteiger partial charge >= 0.3 is 0 Å². The van der Waals surface area contributed by atoms with Crippen LogP contribution in [0.25, 0.3) is 0 Å². The number of pyridine rings is 1. The normalized spacial score (nSPS) is 14.0. The second-order valence-electron chi connectivity index (χ2n) is 4.26. The van der Waals surface area contributed by atoms with Gasteiger partial charge in [0.2, 0.25) is 0 Å². The van der Waals surface area contributed by atoms with Gasteiger partial charge in [-0.15, -0.1) is 11.8 Å². The number of hydrogen-bond donors (Lipinski definition) is 0. The zero-order valence-electron chi connectivity index (χ0n) is 10.3. The van der Waals surface area contributed by atoms with E-state index in [2.05, 4.69) is 4.98 Å². The number of carbonyl (C=O) groups excluding carboxylic acids is 1. The molecule has 0 radical (unpaired) electrons. The average molecular weight is 309 g/mol. The zero-order valence-corrected chi connectivity index (χ0v) is 11.9. The molecule has 102 valence electrons. The quantitative estimate of drug-likeness (QED) is 0.754. The Bertz CT molecular complexity index is 680. The van der Waals surface area contributed by atoms with Crippen LogP contribution in [0.4, 0.5) is 10.1 Å². The van der Waals surface area contributed by atoms with Crippen LogP contribution in [0.1, 0.15) is 10.4 Å². The van der Waals surface area contributed by atoms with Crippen LogP contribution in [-0.4, -0.2) is 23.2 Å². The van der Waals surface area contributed by atoms with Crippen LogP contribution in [0.5, 0.6) is 0 Å².